The smallest absolute Gasteiger partial charge is 0.497 e. The molecule has 0 unspecified atom stereocenters. The first kappa shape index (κ1) is 45.3. The average Bonchev–Trinajstić information content (AvgIpc) is 3.25. The normalized spacial score (nSPS) is 12.6. The molecule has 0 fully saturated rings. The van der Waals surface area contributed by atoms with Crippen molar-refractivity contribution in [2.45, 2.75) is 29.8 Å². The van der Waals surface area contributed by atoms with E-state index >= 15 is 0 Å². The van der Waals surface area contributed by atoms with Crippen LogP contribution in [0.5, 0.6) is 11.5 Å². The number of ether oxygens (including phenoxy) is 2. The molecule has 9 nitrogen and oxygen atoms in total. The highest BCUT2D eigenvalue weighted by molar-refractivity contribution is 8.30. The highest BCUT2D eigenvalue weighted by Crippen LogP contribution is 2.57. The fourth-order valence-corrected chi connectivity index (χ4v) is 12.8. The van der Waals surface area contributed by atoms with Gasteiger partial charge in [0.15, 0.2) is 0 Å². The summed E-state index contributed by atoms with van der Waals surface area (Å²) in [5.74, 6) is 3.42. The molecule has 5 aromatic rings. The molecular weight excluding hydrogens is 771 g/mol. The molecule has 0 amide bonds. The first-order valence-electron chi connectivity index (χ1n) is 19.7. The number of aliphatic hydroxyl groups excluding tert-OH is 4. The van der Waals surface area contributed by atoms with Crippen molar-refractivity contribution in [2.75, 3.05) is 70.3 Å². The molecule has 0 radical (unpaired) electrons. The molecule has 0 aliphatic heterocycles. The van der Waals surface area contributed by atoms with Crippen LogP contribution in [0.15, 0.2) is 140 Å². The Morgan fingerprint density at radius 3 is 1.14 bits per heavy atom. The van der Waals surface area contributed by atoms with Crippen LogP contribution < -0.4 is 9.47 Å². The summed E-state index contributed by atoms with van der Waals surface area (Å²) >= 11 is 0. The van der Waals surface area contributed by atoms with Crippen LogP contribution in [0.3, 0.4) is 0 Å². The van der Waals surface area contributed by atoms with Crippen molar-refractivity contribution >= 4 is 27.9 Å². The molecule has 5 rings (SSSR count). The molecule has 58 heavy (non-hydrogen) atoms. The first-order chi connectivity index (χ1) is 28.4. The van der Waals surface area contributed by atoms with E-state index in [0.29, 0.717) is 24.3 Å². The molecule has 0 spiro atoms. The lowest BCUT2D eigenvalue weighted by molar-refractivity contribution is 0.203. The van der Waals surface area contributed by atoms with E-state index in [0.717, 1.165) is 22.6 Å². The van der Waals surface area contributed by atoms with Crippen LogP contribution in [0.1, 0.15) is 40.7 Å². The van der Waals surface area contributed by atoms with E-state index in [4.69, 9.17) is 22.3 Å². The van der Waals surface area contributed by atoms with Gasteiger partial charge in [-0.15, -0.1) is 20.6 Å². The van der Waals surface area contributed by atoms with Crippen molar-refractivity contribution in [2.24, 2.45) is 0 Å². The number of hydrogen-bond acceptors (Lipinski definition) is 9. The van der Waals surface area contributed by atoms with Gasteiger partial charge in [0, 0.05) is 46.5 Å². The first-order valence-corrected chi connectivity index (χ1v) is 23.9. The molecule has 0 atom stereocenters. The Labute approximate surface area is 348 Å². The van der Waals surface area contributed by atoms with Gasteiger partial charge in [0.1, 0.15) is 11.5 Å². The van der Waals surface area contributed by atoms with Gasteiger partial charge < -0.3 is 42.8 Å². The standard InChI is InChI=1S/C46H59BO9S2/c1-52-44-23-19-39(20-24-44)37-57(33-28-48,34-29-49)55-47(56-58(35-30-50,36-31-51)38-40-21-25-45(53-2)26-22-40)54-32-12-27-46(41-13-6-3-7-14-41,42-15-8-4-9-16-42)43-17-10-5-11-18-43/h3-11,13-26,48-51H,12,27-38H2,1-2H3. The minimum Gasteiger partial charge on any atom is -0.497 e. The second-order valence-corrected chi connectivity index (χ2v) is 20.5. The number of hydrogen-bond donors (Lipinski definition) is 4. The minimum atomic E-state index is -2.27. The van der Waals surface area contributed by atoms with Gasteiger partial charge in [0.05, 0.1) is 40.6 Å². The third kappa shape index (κ3) is 12.1. The number of aliphatic hydroxyl groups is 4. The summed E-state index contributed by atoms with van der Waals surface area (Å²) in [6, 6.07) is 47.0. The van der Waals surface area contributed by atoms with Gasteiger partial charge in [0.25, 0.3) is 0 Å². The van der Waals surface area contributed by atoms with E-state index in [1.54, 1.807) is 14.2 Å². The fraction of sp³-hybridized carbons (Fsp3) is 0.348. The third-order valence-electron chi connectivity index (χ3n) is 10.3. The van der Waals surface area contributed by atoms with Crippen molar-refractivity contribution in [3.63, 3.8) is 0 Å². The predicted octanol–water partition coefficient (Wildman–Crippen LogP) is 7.66. The highest BCUT2D eigenvalue weighted by Gasteiger charge is 2.41. The summed E-state index contributed by atoms with van der Waals surface area (Å²) in [6.07, 6.45) is 1.32. The Bertz CT molecular complexity index is 1690. The molecular formula is C46H59BO9S2. The number of benzene rings is 5. The summed E-state index contributed by atoms with van der Waals surface area (Å²) in [5, 5.41) is 41.8. The highest BCUT2D eigenvalue weighted by atomic mass is 32.3. The van der Waals surface area contributed by atoms with Gasteiger partial charge in [-0.3, -0.25) is 0 Å². The lowest BCUT2D eigenvalue weighted by Crippen LogP contribution is -2.37. The SMILES string of the molecule is COc1ccc(CS(CCO)(CCO)OB(OCCCC(c2ccccc2)(c2ccccc2)c2ccccc2)OS(CCO)(CCO)Cc2ccc(OC)cc2)cc1. The summed E-state index contributed by atoms with van der Waals surface area (Å²) in [6.45, 7) is -0.399. The van der Waals surface area contributed by atoms with Crippen LogP contribution in [0.25, 0.3) is 0 Å². The van der Waals surface area contributed by atoms with E-state index in [1.165, 1.54) is 16.7 Å². The van der Waals surface area contributed by atoms with Gasteiger partial charge in [-0.05, 0) is 64.9 Å². The van der Waals surface area contributed by atoms with Crippen LogP contribution >= 0.6 is 20.6 Å². The van der Waals surface area contributed by atoms with Gasteiger partial charge in [0.2, 0.25) is 0 Å². The van der Waals surface area contributed by atoms with Crippen molar-refractivity contribution in [3.8, 4) is 11.5 Å². The van der Waals surface area contributed by atoms with Crippen molar-refractivity contribution in [1.82, 2.24) is 0 Å². The van der Waals surface area contributed by atoms with Gasteiger partial charge >= 0.3 is 7.32 Å². The Morgan fingerprint density at radius 2 is 0.828 bits per heavy atom. The largest absolute Gasteiger partial charge is 0.660 e. The quantitative estimate of drug-likeness (QED) is 0.0253. The topological polar surface area (TPSA) is 127 Å². The Balaban J connectivity index is 1.51. The summed E-state index contributed by atoms with van der Waals surface area (Å²) < 4.78 is 31.5. The van der Waals surface area contributed by atoms with Crippen LogP contribution in [0, 0.1) is 0 Å². The van der Waals surface area contributed by atoms with Crippen LogP contribution in [-0.2, 0) is 29.8 Å². The second-order valence-electron chi connectivity index (χ2n) is 14.1. The Morgan fingerprint density at radius 1 is 0.483 bits per heavy atom. The molecule has 0 heterocycles. The van der Waals surface area contributed by atoms with E-state index in [9.17, 15) is 20.4 Å². The maximum atomic E-state index is 10.5. The summed E-state index contributed by atoms with van der Waals surface area (Å²) in [7, 11) is -2.52. The lowest BCUT2D eigenvalue weighted by atomic mass is 9.67. The Hall–Kier alpha value is -3.82. The number of methoxy groups -OCH3 is 2. The van der Waals surface area contributed by atoms with E-state index in [1.807, 2.05) is 66.7 Å². The zero-order valence-corrected chi connectivity index (χ0v) is 35.3. The monoisotopic (exact) mass is 830 g/mol. The predicted molar refractivity (Wildman–Crippen MR) is 239 cm³/mol. The molecule has 0 aliphatic rings. The van der Waals surface area contributed by atoms with E-state index in [-0.39, 0.29) is 56.0 Å². The maximum absolute atomic E-state index is 10.5. The molecule has 0 bridgehead atoms. The lowest BCUT2D eigenvalue weighted by Gasteiger charge is -2.45. The molecule has 4 N–H and O–H groups in total. The van der Waals surface area contributed by atoms with E-state index in [2.05, 4.69) is 72.8 Å². The molecule has 312 valence electrons. The molecule has 0 saturated heterocycles. The minimum absolute atomic E-state index is 0.164. The van der Waals surface area contributed by atoms with Crippen LogP contribution in [-0.4, -0.2) is 98.0 Å². The summed E-state index contributed by atoms with van der Waals surface area (Å²) in [4.78, 5) is 0. The van der Waals surface area contributed by atoms with Crippen molar-refractivity contribution in [1.29, 1.82) is 0 Å². The molecule has 0 aromatic heterocycles. The molecule has 0 saturated carbocycles. The average molecular weight is 831 g/mol. The van der Waals surface area contributed by atoms with Crippen LogP contribution in [0.2, 0.25) is 0 Å². The number of rotatable bonds is 26. The van der Waals surface area contributed by atoms with Gasteiger partial charge in [-0.2, -0.15) is 0 Å². The third-order valence-corrected chi connectivity index (χ3v) is 16.9. The fourth-order valence-electron chi connectivity index (χ4n) is 7.49. The van der Waals surface area contributed by atoms with E-state index < -0.39 is 33.4 Å². The molecule has 5 aromatic carbocycles. The molecule has 12 heteroatoms. The van der Waals surface area contributed by atoms with Gasteiger partial charge in [-0.25, -0.2) is 0 Å². The van der Waals surface area contributed by atoms with Crippen LogP contribution in [0.4, 0.5) is 0 Å². The second kappa shape index (κ2) is 23.1. The van der Waals surface area contributed by atoms with Crippen molar-refractivity contribution in [3.05, 3.63) is 167 Å². The zero-order chi connectivity index (χ0) is 41.1. The Kier molecular flexibility index (Phi) is 18.0. The van der Waals surface area contributed by atoms with Crippen molar-refractivity contribution < 1.29 is 42.8 Å². The summed E-state index contributed by atoms with van der Waals surface area (Å²) in [5.41, 5.74) is 4.92. The zero-order valence-electron chi connectivity index (χ0n) is 33.7. The maximum Gasteiger partial charge on any atom is 0.660 e. The van der Waals surface area contributed by atoms with Gasteiger partial charge in [-0.1, -0.05) is 115 Å². The molecule has 0 aliphatic carbocycles.